The van der Waals surface area contributed by atoms with E-state index in [1.807, 2.05) is 36.4 Å². The Morgan fingerprint density at radius 1 is 1.05 bits per heavy atom. The Bertz CT molecular complexity index is 693. The molecule has 0 saturated carbocycles. The number of hydrogen-bond acceptors (Lipinski definition) is 4. The number of hydrogen-bond donors (Lipinski definition) is 0. The van der Waals surface area contributed by atoms with Gasteiger partial charge in [-0.1, -0.05) is 42.5 Å². The zero-order valence-electron chi connectivity index (χ0n) is 9.97. The van der Waals surface area contributed by atoms with Crippen LogP contribution in [-0.2, 0) is 0 Å². The molecule has 0 aliphatic heterocycles. The Morgan fingerprint density at radius 3 is 2.58 bits per heavy atom. The van der Waals surface area contributed by atoms with E-state index in [9.17, 15) is 4.79 Å². The first-order chi connectivity index (χ1) is 9.38. The van der Waals surface area contributed by atoms with Crippen molar-refractivity contribution in [2.75, 3.05) is 0 Å². The highest BCUT2D eigenvalue weighted by Crippen LogP contribution is 2.26. The molecule has 0 N–H and O–H groups in total. The summed E-state index contributed by atoms with van der Waals surface area (Å²) < 4.78 is 1.55. The van der Waals surface area contributed by atoms with E-state index in [4.69, 9.17) is 0 Å². The molecule has 0 fully saturated rings. The van der Waals surface area contributed by atoms with Gasteiger partial charge in [-0.25, -0.2) is 0 Å². The molecule has 92 valence electrons. The number of nitrogens with zero attached hydrogens (tertiary/aromatic N) is 4. The third-order valence-corrected chi connectivity index (χ3v) is 2.84. The second kappa shape index (κ2) is 4.81. The van der Waals surface area contributed by atoms with Crippen LogP contribution in [-0.4, -0.2) is 26.5 Å². The van der Waals surface area contributed by atoms with E-state index >= 15 is 0 Å². The van der Waals surface area contributed by atoms with Gasteiger partial charge < -0.3 is 0 Å². The van der Waals surface area contributed by atoms with Gasteiger partial charge in [0.25, 0.3) is 0 Å². The van der Waals surface area contributed by atoms with Crippen LogP contribution in [0.4, 0.5) is 0 Å². The van der Waals surface area contributed by atoms with E-state index in [1.165, 1.54) is 6.33 Å². The van der Waals surface area contributed by atoms with E-state index in [-0.39, 0.29) is 0 Å². The van der Waals surface area contributed by atoms with Crippen LogP contribution in [0.5, 0.6) is 0 Å². The van der Waals surface area contributed by atoms with Gasteiger partial charge >= 0.3 is 0 Å². The lowest BCUT2D eigenvalue weighted by Gasteiger charge is -2.09. The number of aromatic nitrogens is 4. The van der Waals surface area contributed by atoms with E-state index in [0.717, 1.165) is 23.1 Å². The molecule has 0 bridgehead atoms. The van der Waals surface area contributed by atoms with Crippen LogP contribution in [0.15, 0.2) is 54.9 Å². The molecule has 19 heavy (non-hydrogen) atoms. The molecule has 0 amide bonds. The Labute approximate surface area is 109 Å². The summed E-state index contributed by atoms with van der Waals surface area (Å²) in [5.41, 5.74) is 3.38. The number of rotatable bonds is 3. The van der Waals surface area contributed by atoms with Crippen molar-refractivity contribution in [3.8, 4) is 16.8 Å². The minimum atomic E-state index is 0.588. The number of carbonyl (C=O) groups excluding carboxylic acids is 1. The maximum absolute atomic E-state index is 10.9. The number of benzene rings is 2. The average molecular weight is 250 g/mol. The highest BCUT2D eigenvalue weighted by molar-refractivity contribution is 5.81. The van der Waals surface area contributed by atoms with Gasteiger partial charge in [0, 0.05) is 11.1 Å². The zero-order valence-corrected chi connectivity index (χ0v) is 9.97. The van der Waals surface area contributed by atoms with Crippen molar-refractivity contribution in [1.82, 2.24) is 20.2 Å². The van der Waals surface area contributed by atoms with Crippen molar-refractivity contribution in [2.45, 2.75) is 0 Å². The monoisotopic (exact) mass is 250 g/mol. The fourth-order valence-electron chi connectivity index (χ4n) is 1.95. The molecular formula is C14H10N4O. The molecule has 0 saturated heterocycles. The zero-order chi connectivity index (χ0) is 13.1. The van der Waals surface area contributed by atoms with Gasteiger partial charge in [-0.3, -0.25) is 4.79 Å². The number of carbonyl (C=O) groups is 1. The van der Waals surface area contributed by atoms with Crippen LogP contribution in [0, 0.1) is 0 Å². The smallest absolute Gasteiger partial charge is 0.150 e. The molecule has 5 heteroatoms. The molecule has 0 aliphatic rings. The van der Waals surface area contributed by atoms with Crippen molar-refractivity contribution in [3.63, 3.8) is 0 Å². The predicted octanol–water partition coefficient (Wildman–Crippen LogP) is 2.14. The van der Waals surface area contributed by atoms with E-state index < -0.39 is 0 Å². The molecule has 0 unspecified atom stereocenters. The standard InChI is InChI=1S/C14H10N4O/c19-9-11-6-7-13(12-4-2-1-3-5-12)14(8-11)18-10-15-16-17-18/h1-10H. The summed E-state index contributed by atoms with van der Waals surface area (Å²) in [4.78, 5) is 10.9. The lowest BCUT2D eigenvalue weighted by atomic mass is 10.0. The summed E-state index contributed by atoms with van der Waals surface area (Å²) in [6, 6.07) is 15.3. The minimum Gasteiger partial charge on any atom is -0.298 e. The summed E-state index contributed by atoms with van der Waals surface area (Å²) in [6.45, 7) is 0. The fraction of sp³-hybridized carbons (Fsp3) is 0. The summed E-state index contributed by atoms with van der Waals surface area (Å²) in [6.07, 6.45) is 2.32. The van der Waals surface area contributed by atoms with Gasteiger partial charge in [0.15, 0.2) is 0 Å². The van der Waals surface area contributed by atoms with Crippen LogP contribution in [0.3, 0.4) is 0 Å². The summed E-state index contributed by atoms with van der Waals surface area (Å²) >= 11 is 0. The van der Waals surface area contributed by atoms with Crippen molar-refractivity contribution in [2.24, 2.45) is 0 Å². The first-order valence-corrected chi connectivity index (χ1v) is 5.76. The Hall–Kier alpha value is -2.82. The van der Waals surface area contributed by atoms with Gasteiger partial charge in [-0.05, 0) is 22.1 Å². The topological polar surface area (TPSA) is 60.7 Å². The summed E-state index contributed by atoms with van der Waals surface area (Å²) in [5, 5.41) is 11.2. The fourth-order valence-corrected chi connectivity index (χ4v) is 1.95. The second-order valence-electron chi connectivity index (χ2n) is 4.01. The predicted molar refractivity (Wildman–Crippen MR) is 70.0 cm³/mol. The molecular weight excluding hydrogens is 240 g/mol. The number of aldehydes is 1. The van der Waals surface area contributed by atoms with E-state index in [1.54, 1.807) is 16.8 Å². The molecule has 3 rings (SSSR count). The van der Waals surface area contributed by atoms with Gasteiger partial charge in [0.2, 0.25) is 0 Å². The van der Waals surface area contributed by atoms with Gasteiger partial charge in [-0.2, -0.15) is 4.68 Å². The third-order valence-electron chi connectivity index (χ3n) is 2.84. The maximum Gasteiger partial charge on any atom is 0.150 e. The Morgan fingerprint density at radius 2 is 1.89 bits per heavy atom. The van der Waals surface area contributed by atoms with Crippen LogP contribution in [0.25, 0.3) is 16.8 Å². The lowest BCUT2D eigenvalue weighted by Crippen LogP contribution is -1.99. The molecule has 0 atom stereocenters. The quantitative estimate of drug-likeness (QED) is 0.668. The molecule has 0 radical (unpaired) electrons. The molecule has 5 nitrogen and oxygen atoms in total. The van der Waals surface area contributed by atoms with Gasteiger partial charge in [0.1, 0.15) is 12.6 Å². The molecule has 2 aromatic carbocycles. The SMILES string of the molecule is O=Cc1ccc(-c2ccccc2)c(-n2cnnn2)c1. The lowest BCUT2D eigenvalue weighted by molar-refractivity contribution is 0.112. The van der Waals surface area contributed by atoms with Crippen molar-refractivity contribution in [3.05, 3.63) is 60.4 Å². The second-order valence-corrected chi connectivity index (χ2v) is 4.01. The van der Waals surface area contributed by atoms with E-state index in [0.29, 0.717) is 5.56 Å². The van der Waals surface area contributed by atoms with E-state index in [2.05, 4.69) is 15.5 Å². The Kier molecular flexibility index (Phi) is 2.86. The molecule has 1 aromatic heterocycles. The first kappa shape index (κ1) is 11.3. The third kappa shape index (κ3) is 2.13. The number of tetrazole rings is 1. The van der Waals surface area contributed by atoms with Gasteiger partial charge in [0.05, 0.1) is 5.69 Å². The minimum absolute atomic E-state index is 0.588. The molecule has 3 aromatic rings. The van der Waals surface area contributed by atoms with Crippen molar-refractivity contribution < 1.29 is 4.79 Å². The maximum atomic E-state index is 10.9. The molecule has 1 heterocycles. The normalized spacial score (nSPS) is 10.3. The summed E-state index contributed by atoms with van der Waals surface area (Å²) in [5.74, 6) is 0. The largest absolute Gasteiger partial charge is 0.298 e. The molecule has 0 aliphatic carbocycles. The Balaban J connectivity index is 2.22. The summed E-state index contributed by atoms with van der Waals surface area (Å²) in [7, 11) is 0. The highest BCUT2D eigenvalue weighted by atomic mass is 16.1. The van der Waals surface area contributed by atoms with Crippen molar-refractivity contribution in [1.29, 1.82) is 0 Å². The highest BCUT2D eigenvalue weighted by Gasteiger charge is 2.09. The molecule has 0 spiro atoms. The van der Waals surface area contributed by atoms with Crippen LogP contribution < -0.4 is 0 Å². The van der Waals surface area contributed by atoms with Crippen LogP contribution in [0.1, 0.15) is 10.4 Å². The van der Waals surface area contributed by atoms with Crippen LogP contribution in [0.2, 0.25) is 0 Å². The average Bonchev–Trinajstić information content (AvgIpc) is 3.01. The first-order valence-electron chi connectivity index (χ1n) is 5.76. The van der Waals surface area contributed by atoms with Crippen molar-refractivity contribution >= 4 is 6.29 Å². The van der Waals surface area contributed by atoms with Gasteiger partial charge in [-0.15, -0.1) is 5.10 Å². The van der Waals surface area contributed by atoms with Crippen LogP contribution >= 0.6 is 0 Å².